The number of benzene rings is 2. The van der Waals surface area contributed by atoms with Crippen LogP contribution in [0.15, 0.2) is 75.7 Å². The Labute approximate surface area is 156 Å². The van der Waals surface area contributed by atoms with E-state index < -0.39 is 0 Å². The topological polar surface area (TPSA) is 47.0 Å². The number of nitrogens with zero attached hydrogens (tertiary/aromatic N) is 1. The molecule has 0 unspecified atom stereocenters. The maximum absolute atomic E-state index is 12.5. The summed E-state index contributed by atoms with van der Waals surface area (Å²) in [7, 11) is 0. The van der Waals surface area contributed by atoms with Crippen LogP contribution in [0.3, 0.4) is 0 Å². The third-order valence-corrected chi connectivity index (χ3v) is 4.48. The average molecular weight is 445 g/mol. The van der Waals surface area contributed by atoms with Gasteiger partial charge in [0.05, 0.1) is 0 Å². The van der Waals surface area contributed by atoms with Gasteiger partial charge in [-0.3, -0.25) is 9.59 Å². The first-order valence-corrected chi connectivity index (χ1v) is 8.71. The molecular weight excluding hydrogens is 434 g/mol. The highest BCUT2D eigenvalue weighted by molar-refractivity contribution is 9.10. The zero-order chi connectivity index (χ0) is 17.1. The van der Waals surface area contributed by atoms with Gasteiger partial charge in [0.2, 0.25) is 11.6 Å². The lowest BCUT2D eigenvalue weighted by Gasteiger charge is -2.04. The predicted molar refractivity (Wildman–Crippen MR) is 99.4 cm³/mol. The van der Waals surface area contributed by atoms with Gasteiger partial charge in [-0.1, -0.05) is 37.9 Å². The second-order valence-electron chi connectivity index (χ2n) is 5.08. The number of aromatic nitrogens is 1. The molecule has 3 rings (SSSR count). The van der Waals surface area contributed by atoms with E-state index in [1.165, 1.54) is 0 Å². The molecule has 0 saturated heterocycles. The number of ketones is 2. The van der Waals surface area contributed by atoms with Crippen LogP contribution in [0.5, 0.6) is 0 Å². The third kappa shape index (κ3) is 3.68. The summed E-state index contributed by atoms with van der Waals surface area (Å²) in [4.78, 5) is 29.3. The Morgan fingerprint density at radius 3 is 1.38 bits per heavy atom. The van der Waals surface area contributed by atoms with Crippen molar-refractivity contribution in [2.45, 2.75) is 0 Å². The number of halogens is 2. The fourth-order valence-corrected chi connectivity index (χ4v) is 2.71. The Morgan fingerprint density at radius 1 is 0.625 bits per heavy atom. The molecule has 0 spiro atoms. The number of hydrogen-bond donors (Lipinski definition) is 0. The molecule has 5 heteroatoms. The molecule has 3 nitrogen and oxygen atoms in total. The number of rotatable bonds is 4. The molecule has 3 aromatic rings. The lowest BCUT2D eigenvalue weighted by molar-refractivity contribution is 0.103. The van der Waals surface area contributed by atoms with Crippen LogP contribution < -0.4 is 0 Å². The van der Waals surface area contributed by atoms with Crippen molar-refractivity contribution in [2.75, 3.05) is 0 Å². The molecule has 0 aliphatic rings. The van der Waals surface area contributed by atoms with Crippen molar-refractivity contribution in [2.24, 2.45) is 0 Å². The van der Waals surface area contributed by atoms with Crippen LogP contribution in [0.4, 0.5) is 0 Å². The molecule has 0 bridgehead atoms. The lowest BCUT2D eigenvalue weighted by atomic mass is 10.1. The molecular formula is C19H11Br2NO2. The summed E-state index contributed by atoms with van der Waals surface area (Å²) in [5.74, 6) is -0.430. The maximum atomic E-state index is 12.5. The van der Waals surface area contributed by atoms with Gasteiger partial charge in [0.1, 0.15) is 11.4 Å². The monoisotopic (exact) mass is 443 g/mol. The molecule has 0 saturated carbocycles. The van der Waals surface area contributed by atoms with Gasteiger partial charge in [-0.05, 0) is 60.7 Å². The van der Waals surface area contributed by atoms with Crippen molar-refractivity contribution in [3.05, 3.63) is 98.2 Å². The smallest absolute Gasteiger partial charge is 0.211 e. The van der Waals surface area contributed by atoms with Crippen LogP contribution >= 0.6 is 31.9 Å². The Bertz CT molecular complexity index is 831. The van der Waals surface area contributed by atoms with Gasteiger partial charge in [-0.15, -0.1) is 0 Å². The summed E-state index contributed by atoms with van der Waals surface area (Å²) < 4.78 is 1.79. The number of hydrogen-bond acceptors (Lipinski definition) is 3. The van der Waals surface area contributed by atoms with E-state index in [0.29, 0.717) is 11.1 Å². The van der Waals surface area contributed by atoms with Gasteiger partial charge < -0.3 is 0 Å². The minimum absolute atomic E-state index is 0.215. The van der Waals surface area contributed by atoms with Crippen molar-refractivity contribution in [1.82, 2.24) is 4.98 Å². The molecule has 0 aliphatic heterocycles. The van der Waals surface area contributed by atoms with Crippen LogP contribution in [0.2, 0.25) is 0 Å². The predicted octanol–water partition coefficient (Wildman–Crippen LogP) is 5.07. The Kier molecular flexibility index (Phi) is 5.02. The van der Waals surface area contributed by atoms with E-state index in [9.17, 15) is 9.59 Å². The summed E-state index contributed by atoms with van der Waals surface area (Å²) in [5.41, 5.74) is 1.55. The highest BCUT2D eigenvalue weighted by Gasteiger charge is 2.15. The van der Waals surface area contributed by atoms with Crippen molar-refractivity contribution >= 4 is 43.4 Å². The van der Waals surface area contributed by atoms with Crippen LogP contribution in [0, 0.1) is 0 Å². The van der Waals surface area contributed by atoms with E-state index in [2.05, 4.69) is 36.8 Å². The van der Waals surface area contributed by atoms with E-state index >= 15 is 0 Å². The van der Waals surface area contributed by atoms with Crippen LogP contribution in [-0.4, -0.2) is 16.6 Å². The lowest BCUT2D eigenvalue weighted by Crippen LogP contribution is -2.09. The first-order chi connectivity index (χ1) is 11.5. The zero-order valence-corrected chi connectivity index (χ0v) is 15.5. The van der Waals surface area contributed by atoms with Crippen LogP contribution in [-0.2, 0) is 0 Å². The summed E-state index contributed by atoms with van der Waals surface area (Å²) >= 11 is 6.67. The number of carbonyl (C=O) groups excluding carboxylic acids is 2. The molecule has 118 valence electrons. The molecule has 0 atom stereocenters. The van der Waals surface area contributed by atoms with E-state index in [0.717, 1.165) is 8.95 Å². The normalized spacial score (nSPS) is 10.4. The fourth-order valence-electron chi connectivity index (χ4n) is 2.19. The van der Waals surface area contributed by atoms with Crippen molar-refractivity contribution in [3.8, 4) is 0 Å². The molecule has 24 heavy (non-hydrogen) atoms. The average Bonchev–Trinajstić information content (AvgIpc) is 2.62. The molecule has 0 amide bonds. The van der Waals surface area contributed by atoms with Gasteiger partial charge in [0, 0.05) is 20.1 Å². The Balaban J connectivity index is 1.91. The highest BCUT2D eigenvalue weighted by atomic mass is 79.9. The van der Waals surface area contributed by atoms with E-state index in [1.54, 1.807) is 66.7 Å². The molecule has 0 fully saturated rings. The number of carbonyl (C=O) groups is 2. The van der Waals surface area contributed by atoms with Crippen molar-refractivity contribution in [1.29, 1.82) is 0 Å². The second-order valence-corrected chi connectivity index (χ2v) is 6.91. The summed E-state index contributed by atoms with van der Waals surface area (Å²) in [6, 6.07) is 19.0. The van der Waals surface area contributed by atoms with Gasteiger partial charge in [-0.25, -0.2) is 4.98 Å². The largest absolute Gasteiger partial charge is 0.287 e. The minimum Gasteiger partial charge on any atom is -0.287 e. The molecule has 2 aromatic carbocycles. The minimum atomic E-state index is -0.215. The molecule has 1 heterocycles. The molecule has 0 N–H and O–H groups in total. The van der Waals surface area contributed by atoms with Crippen LogP contribution in [0.1, 0.15) is 32.1 Å². The number of pyridine rings is 1. The Hall–Kier alpha value is -2.11. The van der Waals surface area contributed by atoms with Crippen molar-refractivity contribution < 1.29 is 9.59 Å². The fraction of sp³-hybridized carbons (Fsp3) is 0. The summed E-state index contributed by atoms with van der Waals surface area (Å²) in [6.45, 7) is 0. The van der Waals surface area contributed by atoms with Crippen LogP contribution in [0.25, 0.3) is 0 Å². The van der Waals surface area contributed by atoms with Gasteiger partial charge in [0.15, 0.2) is 0 Å². The first-order valence-electron chi connectivity index (χ1n) is 7.12. The molecule has 0 radical (unpaired) electrons. The van der Waals surface area contributed by atoms with E-state index in [-0.39, 0.29) is 23.0 Å². The first kappa shape index (κ1) is 16.7. The second kappa shape index (κ2) is 7.20. The molecule has 0 aliphatic carbocycles. The maximum Gasteiger partial charge on any atom is 0.211 e. The quantitative estimate of drug-likeness (QED) is 0.528. The zero-order valence-electron chi connectivity index (χ0n) is 12.4. The van der Waals surface area contributed by atoms with E-state index in [1.807, 2.05) is 0 Å². The molecule has 1 aromatic heterocycles. The highest BCUT2D eigenvalue weighted by Crippen LogP contribution is 2.16. The summed E-state index contributed by atoms with van der Waals surface area (Å²) in [5, 5.41) is 0. The van der Waals surface area contributed by atoms with Crippen molar-refractivity contribution in [3.63, 3.8) is 0 Å². The van der Waals surface area contributed by atoms with E-state index in [4.69, 9.17) is 0 Å². The van der Waals surface area contributed by atoms with Gasteiger partial charge in [-0.2, -0.15) is 0 Å². The summed E-state index contributed by atoms with van der Waals surface area (Å²) in [6.07, 6.45) is 0. The van der Waals surface area contributed by atoms with Gasteiger partial charge in [0.25, 0.3) is 0 Å². The third-order valence-electron chi connectivity index (χ3n) is 3.43. The standard InChI is InChI=1S/C19H11Br2NO2/c20-14-8-4-12(5-9-14)18(23)16-2-1-3-17(22-16)19(24)13-6-10-15(21)11-7-13/h1-11H. The SMILES string of the molecule is O=C(c1ccc(Br)cc1)c1cccc(C(=O)c2ccc(Br)cc2)n1. The van der Waals surface area contributed by atoms with Gasteiger partial charge >= 0.3 is 0 Å². The Morgan fingerprint density at radius 2 is 1.00 bits per heavy atom.